The largest absolute Gasteiger partial charge is 0.396 e. The molecule has 0 unspecified atom stereocenters. The standard InChI is InChI=1S/C11H12BrNO/c12-10-7-13-11-4-3-8(2-1-5-14)6-9(10)11/h3-4,6-7,13-14H,1-2,5H2. The molecule has 1 heterocycles. The minimum Gasteiger partial charge on any atom is -0.396 e. The van der Waals surface area contributed by atoms with Crippen molar-refractivity contribution >= 4 is 26.8 Å². The third-order valence-electron chi connectivity index (χ3n) is 2.32. The molecule has 0 aliphatic carbocycles. The predicted molar refractivity (Wildman–Crippen MR) is 61.4 cm³/mol. The second-order valence-corrected chi connectivity index (χ2v) is 4.20. The Bertz CT molecular complexity index is 436. The van der Waals surface area contributed by atoms with Crippen molar-refractivity contribution in [1.82, 2.24) is 4.98 Å². The number of fused-ring (bicyclic) bond motifs is 1. The van der Waals surface area contributed by atoms with Gasteiger partial charge >= 0.3 is 0 Å². The Kier molecular flexibility index (Phi) is 2.89. The lowest BCUT2D eigenvalue weighted by Gasteiger charge is -1.99. The normalized spacial score (nSPS) is 11.0. The van der Waals surface area contributed by atoms with Crippen LogP contribution in [-0.4, -0.2) is 16.7 Å². The molecule has 0 atom stereocenters. The van der Waals surface area contributed by atoms with Crippen LogP contribution in [0.15, 0.2) is 28.9 Å². The van der Waals surface area contributed by atoms with Gasteiger partial charge in [0.1, 0.15) is 0 Å². The van der Waals surface area contributed by atoms with Gasteiger partial charge in [0.15, 0.2) is 0 Å². The molecule has 14 heavy (non-hydrogen) atoms. The number of aromatic amines is 1. The number of hydrogen-bond acceptors (Lipinski definition) is 1. The quantitative estimate of drug-likeness (QED) is 0.868. The Hall–Kier alpha value is -0.800. The lowest BCUT2D eigenvalue weighted by molar-refractivity contribution is 0.288. The number of aromatic nitrogens is 1. The summed E-state index contributed by atoms with van der Waals surface area (Å²) < 4.78 is 1.10. The Balaban J connectivity index is 2.34. The van der Waals surface area contributed by atoms with E-state index in [-0.39, 0.29) is 6.61 Å². The van der Waals surface area contributed by atoms with Crippen LogP contribution in [-0.2, 0) is 6.42 Å². The van der Waals surface area contributed by atoms with E-state index in [1.807, 2.05) is 6.20 Å². The fourth-order valence-corrected chi connectivity index (χ4v) is 2.01. The molecule has 0 aliphatic rings. The Morgan fingerprint density at radius 2 is 2.21 bits per heavy atom. The summed E-state index contributed by atoms with van der Waals surface area (Å²) in [6.07, 6.45) is 3.71. The van der Waals surface area contributed by atoms with Crippen molar-refractivity contribution in [3.63, 3.8) is 0 Å². The monoisotopic (exact) mass is 253 g/mol. The van der Waals surface area contributed by atoms with Crippen LogP contribution in [0.1, 0.15) is 12.0 Å². The van der Waals surface area contributed by atoms with Crippen LogP contribution >= 0.6 is 15.9 Å². The summed E-state index contributed by atoms with van der Waals surface area (Å²) in [5, 5.41) is 9.95. The summed E-state index contributed by atoms with van der Waals surface area (Å²) in [5.41, 5.74) is 2.41. The van der Waals surface area contributed by atoms with Gasteiger partial charge in [0.2, 0.25) is 0 Å². The van der Waals surface area contributed by atoms with Gasteiger partial charge in [-0.05, 0) is 46.5 Å². The highest BCUT2D eigenvalue weighted by Gasteiger charge is 2.01. The SMILES string of the molecule is OCCCc1ccc2[nH]cc(Br)c2c1. The Morgan fingerprint density at radius 1 is 1.36 bits per heavy atom. The van der Waals surface area contributed by atoms with Gasteiger partial charge in [0.05, 0.1) is 0 Å². The van der Waals surface area contributed by atoms with Crippen LogP contribution < -0.4 is 0 Å². The van der Waals surface area contributed by atoms with Crippen molar-refractivity contribution < 1.29 is 5.11 Å². The Labute approximate surface area is 91.1 Å². The van der Waals surface area contributed by atoms with E-state index in [1.54, 1.807) is 0 Å². The first-order chi connectivity index (χ1) is 6.81. The van der Waals surface area contributed by atoms with Crippen LogP contribution in [0.25, 0.3) is 10.9 Å². The maximum Gasteiger partial charge on any atom is 0.0465 e. The number of aryl methyl sites for hydroxylation is 1. The van der Waals surface area contributed by atoms with Crippen molar-refractivity contribution in [1.29, 1.82) is 0 Å². The van der Waals surface area contributed by atoms with Crippen LogP contribution in [0.2, 0.25) is 0 Å². The average Bonchev–Trinajstić information content (AvgIpc) is 2.57. The molecule has 74 valence electrons. The Morgan fingerprint density at radius 3 is 3.00 bits per heavy atom. The number of benzene rings is 1. The van der Waals surface area contributed by atoms with Gasteiger partial charge in [-0.1, -0.05) is 6.07 Å². The maximum atomic E-state index is 8.74. The van der Waals surface area contributed by atoms with Crippen molar-refractivity contribution in [2.75, 3.05) is 6.61 Å². The first-order valence-electron chi connectivity index (χ1n) is 4.67. The van der Waals surface area contributed by atoms with E-state index >= 15 is 0 Å². The topological polar surface area (TPSA) is 36.0 Å². The number of H-pyrrole nitrogens is 1. The highest BCUT2D eigenvalue weighted by molar-refractivity contribution is 9.10. The number of rotatable bonds is 3. The zero-order valence-corrected chi connectivity index (χ0v) is 9.34. The molecule has 0 fully saturated rings. The highest BCUT2D eigenvalue weighted by Crippen LogP contribution is 2.24. The molecule has 2 N–H and O–H groups in total. The third kappa shape index (κ3) is 1.83. The minimum absolute atomic E-state index is 0.256. The molecular weight excluding hydrogens is 242 g/mol. The van der Waals surface area contributed by atoms with Gasteiger partial charge in [0.25, 0.3) is 0 Å². The van der Waals surface area contributed by atoms with Gasteiger partial charge in [0, 0.05) is 28.2 Å². The number of aliphatic hydroxyl groups excluding tert-OH is 1. The predicted octanol–water partition coefficient (Wildman–Crippen LogP) is 2.86. The van der Waals surface area contributed by atoms with Crippen LogP contribution in [0.3, 0.4) is 0 Å². The molecular formula is C11H12BrNO. The lowest BCUT2D eigenvalue weighted by Crippen LogP contribution is -1.88. The van der Waals surface area contributed by atoms with Gasteiger partial charge in [-0.15, -0.1) is 0 Å². The summed E-state index contributed by atoms with van der Waals surface area (Å²) in [7, 11) is 0. The summed E-state index contributed by atoms with van der Waals surface area (Å²) in [5.74, 6) is 0. The summed E-state index contributed by atoms with van der Waals surface area (Å²) in [6, 6.07) is 6.33. The summed E-state index contributed by atoms with van der Waals surface area (Å²) >= 11 is 3.49. The summed E-state index contributed by atoms with van der Waals surface area (Å²) in [4.78, 5) is 3.17. The number of halogens is 1. The van der Waals surface area contributed by atoms with Crippen molar-refractivity contribution in [2.24, 2.45) is 0 Å². The highest BCUT2D eigenvalue weighted by atomic mass is 79.9. The van der Waals surface area contributed by atoms with Gasteiger partial charge in [-0.25, -0.2) is 0 Å². The van der Waals surface area contributed by atoms with Crippen LogP contribution in [0, 0.1) is 0 Å². The molecule has 0 aliphatic heterocycles. The first kappa shape index (κ1) is 9.74. The molecule has 3 heteroatoms. The van der Waals surface area contributed by atoms with Crippen molar-refractivity contribution in [2.45, 2.75) is 12.8 Å². The molecule has 0 amide bonds. The fraction of sp³-hybridized carbons (Fsp3) is 0.273. The van der Waals surface area contributed by atoms with Crippen LogP contribution in [0.5, 0.6) is 0 Å². The second kappa shape index (κ2) is 4.15. The number of hydrogen-bond donors (Lipinski definition) is 2. The number of aliphatic hydroxyl groups is 1. The van der Waals surface area contributed by atoms with Gasteiger partial charge in [-0.2, -0.15) is 0 Å². The van der Waals surface area contributed by atoms with E-state index in [1.165, 1.54) is 10.9 Å². The smallest absolute Gasteiger partial charge is 0.0465 e. The molecule has 1 aromatic heterocycles. The van der Waals surface area contributed by atoms with Gasteiger partial charge in [-0.3, -0.25) is 0 Å². The van der Waals surface area contributed by atoms with E-state index in [0.29, 0.717) is 0 Å². The molecule has 2 nitrogen and oxygen atoms in total. The minimum atomic E-state index is 0.256. The zero-order chi connectivity index (χ0) is 9.97. The molecule has 1 aromatic carbocycles. The van der Waals surface area contributed by atoms with E-state index in [4.69, 9.17) is 5.11 Å². The first-order valence-corrected chi connectivity index (χ1v) is 5.47. The zero-order valence-electron chi connectivity index (χ0n) is 7.76. The van der Waals surface area contributed by atoms with E-state index in [9.17, 15) is 0 Å². The molecule has 2 aromatic rings. The third-order valence-corrected chi connectivity index (χ3v) is 2.98. The van der Waals surface area contributed by atoms with Crippen LogP contribution in [0.4, 0.5) is 0 Å². The van der Waals surface area contributed by atoms with E-state index < -0.39 is 0 Å². The number of nitrogens with one attached hydrogen (secondary N) is 1. The molecule has 0 saturated carbocycles. The van der Waals surface area contributed by atoms with Crippen molar-refractivity contribution in [3.8, 4) is 0 Å². The average molecular weight is 254 g/mol. The summed E-state index contributed by atoms with van der Waals surface area (Å²) in [6.45, 7) is 0.256. The molecule has 0 saturated heterocycles. The molecule has 0 radical (unpaired) electrons. The van der Waals surface area contributed by atoms with E-state index in [0.717, 1.165) is 22.8 Å². The van der Waals surface area contributed by atoms with E-state index in [2.05, 4.69) is 39.1 Å². The molecule has 0 spiro atoms. The maximum absolute atomic E-state index is 8.74. The lowest BCUT2D eigenvalue weighted by atomic mass is 10.1. The second-order valence-electron chi connectivity index (χ2n) is 3.34. The van der Waals surface area contributed by atoms with Gasteiger partial charge < -0.3 is 10.1 Å². The molecule has 0 bridgehead atoms. The van der Waals surface area contributed by atoms with Crippen molar-refractivity contribution in [3.05, 3.63) is 34.4 Å². The fourth-order valence-electron chi connectivity index (χ4n) is 1.57. The molecule has 2 rings (SSSR count).